The van der Waals surface area contributed by atoms with Crippen LogP contribution in [0.15, 0.2) is 29.3 Å². The summed E-state index contributed by atoms with van der Waals surface area (Å²) in [7, 11) is 0. The van der Waals surface area contributed by atoms with E-state index in [0.29, 0.717) is 17.5 Å². The molecule has 3 nitrogen and oxygen atoms in total. The van der Waals surface area contributed by atoms with E-state index in [0.717, 1.165) is 32.0 Å². The molecule has 0 bridgehead atoms. The largest absolute Gasteiger partial charge is 0.357 e. The van der Waals surface area contributed by atoms with Gasteiger partial charge in [0, 0.05) is 25.2 Å². The van der Waals surface area contributed by atoms with Crippen molar-refractivity contribution in [3.8, 4) is 0 Å². The van der Waals surface area contributed by atoms with E-state index >= 15 is 0 Å². The van der Waals surface area contributed by atoms with E-state index in [1.165, 1.54) is 6.07 Å². The van der Waals surface area contributed by atoms with Crippen molar-refractivity contribution < 1.29 is 4.39 Å². The zero-order valence-electron chi connectivity index (χ0n) is 12.6. The molecular formula is C16H24FN3. The zero-order valence-corrected chi connectivity index (χ0v) is 12.6. The van der Waals surface area contributed by atoms with Gasteiger partial charge in [-0.15, -0.1) is 0 Å². The van der Waals surface area contributed by atoms with Crippen LogP contribution < -0.4 is 5.32 Å². The molecule has 0 saturated carbocycles. The summed E-state index contributed by atoms with van der Waals surface area (Å²) in [5, 5.41) is 3.31. The first kappa shape index (κ1) is 14.8. The van der Waals surface area contributed by atoms with Gasteiger partial charge in [-0.2, -0.15) is 0 Å². The zero-order chi connectivity index (χ0) is 14.6. The third kappa shape index (κ3) is 3.71. The van der Waals surface area contributed by atoms with Crippen molar-refractivity contribution in [1.82, 2.24) is 10.2 Å². The molecule has 0 spiro atoms. The van der Waals surface area contributed by atoms with Crippen LogP contribution in [0.25, 0.3) is 0 Å². The molecular weight excluding hydrogens is 253 g/mol. The molecule has 0 aromatic heterocycles. The van der Waals surface area contributed by atoms with Crippen molar-refractivity contribution in [3.05, 3.63) is 35.6 Å². The Bertz CT molecular complexity index is 482. The molecule has 1 N–H and O–H groups in total. The summed E-state index contributed by atoms with van der Waals surface area (Å²) in [6, 6.07) is 6.82. The lowest BCUT2D eigenvalue weighted by Crippen LogP contribution is -2.40. The number of hydrogen-bond donors (Lipinski definition) is 1. The van der Waals surface area contributed by atoms with E-state index in [1.54, 1.807) is 12.1 Å². The van der Waals surface area contributed by atoms with Gasteiger partial charge in [0.2, 0.25) is 0 Å². The maximum atomic E-state index is 13.6. The van der Waals surface area contributed by atoms with Crippen LogP contribution in [-0.4, -0.2) is 30.5 Å². The molecule has 0 aliphatic carbocycles. The molecule has 110 valence electrons. The molecule has 0 atom stereocenters. The summed E-state index contributed by atoms with van der Waals surface area (Å²) in [6.07, 6.45) is 1.16. The number of hydrogen-bond acceptors (Lipinski definition) is 1. The lowest BCUT2D eigenvalue weighted by molar-refractivity contribution is 0.370. The Hall–Kier alpha value is -1.58. The lowest BCUT2D eigenvalue weighted by Gasteiger charge is -2.23. The Labute approximate surface area is 120 Å². The molecule has 1 aliphatic heterocycles. The Balaban J connectivity index is 2.09. The van der Waals surface area contributed by atoms with Gasteiger partial charge >= 0.3 is 0 Å². The summed E-state index contributed by atoms with van der Waals surface area (Å²) in [4.78, 5) is 6.85. The van der Waals surface area contributed by atoms with Gasteiger partial charge in [0.25, 0.3) is 0 Å². The predicted octanol–water partition coefficient (Wildman–Crippen LogP) is 3.02. The van der Waals surface area contributed by atoms with Gasteiger partial charge in [0.1, 0.15) is 5.82 Å². The Morgan fingerprint density at radius 1 is 1.40 bits per heavy atom. The van der Waals surface area contributed by atoms with E-state index in [9.17, 15) is 4.39 Å². The van der Waals surface area contributed by atoms with E-state index in [-0.39, 0.29) is 5.82 Å². The molecule has 20 heavy (non-hydrogen) atoms. The molecule has 1 aromatic rings. The molecule has 0 unspecified atom stereocenters. The maximum Gasteiger partial charge on any atom is 0.194 e. The van der Waals surface area contributed by atoms with Crippen molar-refractivity contribution in [1.29, 1.82) is 0 Å². The lowest BCUT2D eigenvalue weighted by atomic mass is 9.93. The third-order valence-corrected chi connectivity index (χ3v) is 3.67. The minimum absolute atomic E-state index is 0.186. The standard InChI is InChI=1S/C16H24FN3/c1-4-18-15(20-10-9-16(2,3)12-20)19-11-13-7-5-6-8-14(13)17/h5-8H,4,9-12H2,1-3H3,(H,18,19). The van der Waals surface area contributed by atoms with E-state index in [1.807, 2.05) is 6.07 Å². The fourth-order valence-electron chi connectivity index (χ4n) is 2.51. The van der Waals surface area contributed by atoms with Crippen molar-refractivity contribution in [2.75, 3.05) is 19.6 Å². The average molecular weight is 277 g/mol. The van der Waals surface area contributed by atoms with Crippen molar-refractivity contribution >= 4 is 5.96 Å². The van der Waals surface area contributed by atoms with Gasteiger partial charge in [-0.3, -0.25) is 0 Å². The van der Waals surface area contributed by atoms with Crippen molar-refractivity contribution in [2.24, 2.45) is 10.4 Å². The van der Waals surface area contributed by atoms with Gasteiger partial charge < -0.3 is 10.2 Å². The summed E-state index contributed by atoms with van der Waals surface area (Å²) in [6.45, 7) is 9.81. The highest BCUT2D eigenvalue weighted by Gasteiger charge is 2.30. The van der Waals surface area contributed by atoms with Crippen LogP contribution >= 0.6 is 0 Å². The second kappa shape index (κ2) is 6.25. The smallest absolute Gasteiger partial charge is 0.194 e. The van der Waals surface area contributed by atoms with Gasteiger partial charge in [0.05, 0.1) is 6.54 Å². The monoisotopic (exact) mass is 277 g/mol. The summed E-state index contributed by atoms with van der Waals surface area (Å²) in [5.41, 5.74) is 0.968. The van der Waals surface area contributed by atoms with E-state index < -0.39 is 0 Å². The van der Waals surface area contributed by atoms with Crippen LogP contribution in [-0.2, 0) is 6.54 Å². The quantitative estimate of drug-likeness (QED) is 0.679. The summed E-state index contributed by atoms with van der Waals surface area (Å²) < 4.78 is 13.6. The number of halogens is 1. The van der Waals surface area contributed by atoms with Gasteiger partial charge in [-0.1, -0.05) is 32.0 Å². The third-order valence-electron chi connectivity index (χ3n) is 3.67. The average Bonchev–Trinajstić information content (AvgIpc) is 2.76. The second-order valence-corrected chi connectivity index (χ2v) is 6.10. The summed E-state index contributed by atoms with van der Waals surface area (Å²) in [5.74, 6) is 0.704. The van der Waals surface area contributed by atoms with Crippen LogP contribution in [0.2, 0.25) is 0 Å². The van der Waals surface area contributed by atoms with Crippen LogP contribution in [0, 0.1) is 11.2 Å². The molecule has 1 saturated heterocycles. The molecule has 0 radical (unpaired) electrons. The Morgan fingerprint density at radius 3 is 2.75 bits per heavy atom. The number of aliphatic imine (C=N–C) groups is 1. The molecule has 1 heterocycles. The minimum atomic E-state index is -0.186. The first-order valence-electron chi connectivity index (χ1n) is 7.28. The van der Waals surface area contributed by atoms with Crippen molar-refractivity contribution in [3.63, 3.8) is 0 Å². The highest BCUT2D eigenvalue weighted by atomic mass is 19.1. The van der Waals surface area contributed by atoms with E-state index in [2.05, 4.69) is 36.0 Å². The number of nitrogens with zero attached hydrogens (tertiary/aromatic N) is 2. The molecule has 2 rings (SSSR count). The first-order chi connectivity index (χ1) is 9.52. The van der Waals surface area contributed by atoms with Crippen LogP contribution in [0.4, 0.5) is 4.39 Å². The minimum Gasteiger partial charge on any atom is -0.357 e. The number of guanidine groups is 1. The topological polar surface area (TPSA) is 27.6 Å². The number of nitrogens with one attached hydrogen (secondary N) is 1. The van der Waals surface area contributed by atoms with Gasteiger partial charge in [0.15, 0.2) is 5.96 Å². The highest BCUT2D eigenvalue weighted by Crippen LogP contribution is 2.28. The molecule has 1 aromatic carbocycles. The van der Waals surface area contributed by atoms with E-state index in [4.69, 9.17) is 0 Å². The van der Waals surface area contributed by atoms with Gasteiger partial charge in [-0.05, 0) is 24.8 Å². The van der Waals surface area contributed by atoms with Crippen LogP contribution in [0.5, 0.6) is 0 Å². The highest BCUT2D eigenvalue weighted by molar-refractivity contribution is 5.80. The fraction of sp³-hybridized carbons (Fsp3) is 0.562. The number of rotatable bonds is 3. The molecule has 1 fully saturated rings. The second-order valence-electron chi connectivity index (χ2n) is 6.10. The SMILES string of the molecule is CCNC(=NCc1ccccc1F)N1CCC(C)(C)C1. The number of benzene rings is 1. The number of likely N-dealkylation sites (tertiary alicyclic amines) is 1. The van der Waals surface area contributed by atoms with Crippen molar-refractivity contribution in [2.45, 2.75) is 33.7 Å². The summed E-state index contributed by atoms with van der Waals surface area (Å²) >= 11 is 0. The molecule has 4 heteroatoms. The maximum absolute atomic E-state index is 13.6. The first-order valence-corrected chi connectivity index (χ1v) is 7.28. The Morgan fingerprint density at radius 2 is 2.15 bits per heavy atom. The van der Waals surface area contributed by atoms with Gasteiger partial charge in [-0.25, -0.2) is 9.38 Å². The molecule has 0 amide bonds. The molecule has 1 aliphatic rings. The van der Waals surface area contributed by atoms with Crippen LogP contribution in [0.3, 0.4) is 0 Å². The Kier molecular flexibility index (Phi) is 4.63. The fourth-order valence-corrected chi connectivity index (χ4v) is 2.51. The predicted molar refractivity (Wildman–Crippen MR) is 81.2 cm³/mol. The normalized spacial score (nSPS) is 18.4. The van der Waals surface area contributed by atoms with Crippen LogP contribution in [0.1, 0.15) is 32.8 Å².